The van der Waals surface area contributed by atoms with Crippen molar-refractivity contribution in [2.24, 2.45) is 0 Å². The lowest BCUT2D eigenvalue weighted by atomic mass is 9.81. The molecular formula is C13H19ClN2. The SMILES string of the molecule is Cl.c1ccc2c(c1)CCCC2C1NCCN1. The lowest BCUT2D eigenvalue weighted by Crippen LogP contribution is -2.38. The number of halogens is 1. The van der Waals surface area contributed by atoms with Gasteiger partial charge in [0, 0.05) is 19.0 Å². The molecule has 88 valence electrons. The van der Waals surface area contributed by atoms with Gasteiger partial charge in [0.2, 0.25) is 0 Å². The van der Waals surface area contributed by atoms with Gasteiger partial charge in [0.1, 0.15) is 0 Å². The lowest BCUT2D eigenvalue weighted by Gasteiger charge is -2.30. The van der Waals surface area contributed by atoms with Crippen LogP contribution in [0.4, 0.5) is 0 Å². The summed E-state index contributed by atoms with van der Waals surface area (Å²) in [5.74, 6) is 0.678. The maximum atomic E-state index is 3.56. The Hall–Kier alpha value is -0.570. The Bertz CT molecular complexity index is 348. The van der Waals surface area contributed by atoms with Gasteiger partial charge in [0.25, 0.3) is 0 Å². The number of hydrogen-bond acceptors (Lipinski definition) is 2. The lowest BCUT2D eigenvalue weighted by molar-refractivity contribution is 0.404. The minimum atomic E-state index is 0. The van der Waals surface area contributed by atoms with Gasteiger partial charge in [-0.3, -0.25) is 0 Å². The van der Waals surface area contributed by atoms with Crippen molar-refractivity contribution in [2.75, 3.05) is 13.1 Å². The van der Waals surface area contributed by atoms with Gasteiger partial charge in [-0.05, 0) is 30.4 Å². The van der Waals surface area contributed by atoms with Gasteiger partial charge in [-0.2, -0.15) is 0 Å². The first-order chi connectivity index (χ1) is 7.45. The van der Waals surface area contributed by atoms with E-state index in [2.05, 4.69) is 34.9 Å². The van der Waals surface area contributed by atoms with Crippen molar-refractivity contribution in [3.8, 4) is 0 Å². The van der Waals surface area contributed by atoms with Crippen LogP contribution in [-0.2, 0) is 6.42 Å². The molecule has 3 heteroatoms. The molecule has 0 radical (unpaired) electrons. The molecule has 1 atom stereocenters. The molecule has 2 nitrogen and oxygen atoms in total. The average molecular weight is 239 g/mol. The summed E-state index contributed by atoms with van der Waals surface area (Å²) < 4.78 is 0. The van der Waals surface area contributed by atoms with E-state index in [4.69, 9.17) is 0 Å². The Kier molecular flexibility index (Phi) is 3.85. The molecule has 1 aromatic carbocycles. The van der Waals surface area contributed by atoms with Crippen molar-refractivity contribution in [2.45, 2.75) is 31.3 Å². The van der Waals surface area contributed by atoms with Gasteiger partial charge in [0.05, 0.1) is 6.17 Å². The second-order valence-corrected chi connectivity index (χ2v) is 4.58. The maximum absolute atomic E-state index is 3.56. The molecule has 0 aromatic heterocycles. The van der Waals surface area contributed by atoms with Gasteiger partial charge >= 0.3 is 0 Å². The van der Waals surface area contributed by atoms with E-state index in [0.29, 0.717) is 12.1 Å². The zero-order chi connectivity index (χ0) is 10.1. The van der Waals surface area contributed by atoms with E-state index in [0.717, 1.165) is 13.1 Å². The monoisotopic (exact) mass is 238 g/mol. The summed E-state index contributed by atoms with van der Waals surface area (Å²) in [6.07, 6.45) is 4.43. The van der Waals surface area contributed by atoms with Crippen LogP contribution in [0.25, 0.3) is 0 Å². The summed E-state index contributed by atoms with van der Waals surface area (Å²) in [4.78, 5) is 0. The van der Waals surface area contributed by atoms with E-state index in [-0.39, 0.29) is 12.4 Å². The van der Waals surface area contributed by atoms with Crippen molar-refractivity contribution < 1.29 is 0 Å². The minimum absolute atomic E-state index is 0. The number of nitrogens with one attached hydrogen (secondary N) is 2. The maximum Gasteiger partial charge on any atom is 0.0643 e. The molecule has 1 aliphatic carbocycles. The standard InChI is InChI=1S/C13H18N2.ClH/c1-2-6-11-10(4-1)5-3-7-12(11)13-14-8-9-15-13;/h1-2,4,6,12-15H,3,5,7-9H2;1H. The topological polar surface area (TPSA) is 24.1 Å². The normalized spacial score (nSPS) is 24.9. The largest absolute Gasteiger partial charge is 0.300 e. The molecule has 0 saturated carbocycles. The molecule has 0 amide bonds. The van der Waals surface area contributed by atoms with Crippen LogP contribution in [0.3, 0.4) is 0 Å². The molecule has 0 spiro atoms. The zero-order valence-corrected chi connectivity index (χ0v) is 10.2. The van der Waals surface area contributed by atoms with E-state index in [9.17, 15) is 0 Å². The third-order valence-electron chi connectivity index (χ3n) is 3.67. The Morgan fingerprint density at radius 3 is 2.62 bits per heavy atom. The number of hydrogen-bond donors (Lipinski definition) is 2. The van der Waals surface area contributed by atoms with E-state index >= 15 is 0 Å². The van der Waals surface area contributed by atoms with Crippen molar-refractivity contribution in [3.63, 3.8) is 0 Å². The Morgan fingerprint density at radius 2 is 1.81 bits per heavy atom. The van der Waals surface area contributed by atoms with Gasteiger partial charge < -0.3 is 10.6 Å². The molecule has 16 heavy (non-hydrogen) atoms. The molecule has 3 rings (SSSR count). The Labute approximate surface area is 103 Å². The number of aryl methyl sites for hydroxylation is 1. The van der Waals surface area contributed by atoms with Crippen LogP contribution in [0.5, 0.6) is 0 Å². The fourth-order valence-corrected chi connectivity index (χ4v) is 2.95. The zero-order valence-electron chi connectivity index (χ0n) is 9.41. The van der Waals surface area contributed by atoms with Crippen LogP contribution in [-0.4, -0.2) is 19.3 Å². The smallest absolute Gasteiger partial charge is 0.0643 e. The van der Waals surface area contributed by atoms with Gasteiger partial charge in [-0.25, -0.2) is 0 Å². The van der Waals surface area contributed by atoms with Crippen LogP contribution in [0.1, 0.15) is 29.9 Å². The van der Waals surface area contributed by atoms with Gasteiger partial charge in [0.15, 0.2) is 0 Å². The van der Waals surface area contributed by atoms with Crippen LogP contribution in [0.2, 0.25) is 0 Å². The summed E-state index contributed by atoms with van der Waals surface area (Å²) >= 11 is 0. The first kappa shape index (κ1) is 11.9. The second kappa shape index (κ2) is 5.17. The molecular weight excluding hydrogens is 220 g/mol. The number of rotatable bonds is 1. The predicted molar refractivity (Wildman–Crippen MR) is 69.2 cm³/mol. The highest BCUT2D eigenvalue weighted by Crippen LogP contribution is 2.33. The van der Waals surface area contributed by atoms with Crippen molar-refractivity contribution in [3.05, 3.63) is 35.4 Å². The first-order valence-corrected chi connectivity index (χ1v) is 6.00. The summed E-state index contributed by atoms with van der Waals surface area (Å²) in [6.45, 7) is 2.23. The first-order valence-electron chi connectivity index (χ1n) is 6.00. The number of benzene rings is 1. The van der Waals surface area contributed by atoms with Gasteiger partial charge in [-0.15, -0.1) is 12.4 Å². The minimum Gasteiger partial charge on any atom is -0.300 e. The van der Waals surface area contributed by atoms with E-state index in [1.54, 1.807) is 11.1 Å². The Morgan fingerprint density at radius 1 is 1.06 bits per heavy atom. The molecule has 1 heterocycles. The number of fused-ring (bicyclic) bond motifs is 1. The quantitative estimate of drug-likeness (QED) is 0.783. The molecule has 2 N–H and O–H groups in total. The van der Waals surface area contributed by atoms with Gasteiger partial charge in [-0.1, -0.05) is 24.3 Å². The highest BCUT2D eigenvalue weighted by molar-refractivity contribution is 5.85. The molecule has 1 aliphatic heterocycles. The van der Waals surface area contributed by atoms with Crippen LogP contribution in [0.15, 0.2) is 24.3 Å². The second-order valence-electron chi connectivity index (χ2n) is 4.58. The molecule has 2 aliphatic rings. The Balaban J connectivity index is 0.000000963. The average Bonchev–Trinajstić information content (AvgIpc) is 2.82. The van der Waals surface area contributed by atoms with E-state index in [1.165, 1.54) is 19.3 Å². The summed E-state index contributed by atoms with van der Waals surface area (Å²) in [5.41, 5.74) is 3.12. The van der Waals surface area contributed by atoms with Crippen molar-refractivity contribution in [1.82, 2.24) is 10.6 Å². The van der Waals surface area contributed by atoms with Crippen LogP contribution >= 0.6 is 12.4 Å². The highest BCUT2D eigenvalue weighted by atomic mass is 35.5. The fraction of sp³-hybridized carbons (Fsp3) is 0.538. The van der Waals surface area contributed by atoms with Crippen LogP contribution < -0.4 is 10.6 Å². The third-order valence-corrected chi connectivity index (χ3v) is 3.67. The molecule has 1 saturated heterocycles. The van der Waals surface area contributed by atoms with E-state index < -0.39 is 0 Å². The highest BCUT2D eigenvalue weighted by Gasteiger charge is 2.28. The third kappa shape index (κ3) is 2.10. The molecule has 1 unspecified atom stereocenters. The molecule has 1 fully saturated rings. The summed E-state index contributed by atoms with van der Waals surface area (Å²) in [6, 6.07) is 8.93. The molecule has 0 bridgehead atoms. The predicted octanol–water partition coefficient (Wildman–Crippen LogP) is 2.05. The summed E-state index contributed by atoms with van der Waals surface area (Å²) in [5, 5.41) is 7.11. The van der Waals surface area contributed by atoms with Crippen molar-refractivity contribution in [1.29, 1.82) is 0 Å². The molecule has 1 aromatic rings. The summed E-state index contributed by atoms with van der Waals surface area (Å²) in [7, 11) is 0. The van der Waals surface area contributed by atoms with E-state index in [1.807, 2.05) is 0 Å². The fourth-order valence-electron chi connectivity index (χ4n) is 2.95. The van der Waals surface area contributed by atoms with Crippen LogP contribution in [0, 0.1) is 0 Å². The van der Waals surface area contributed by atoms with Crippen molar-refractivity contribution >= 4 is 12.4 Å².